The summed E-state index contributed by atoms with van der Waals surface area (Å²) < 4.78 is 45.5. The number of rotatable bonds is 7. The first-order chi connectivity index (χ1) is 13.9. The molecule has 0 unspecified atom stereocenters. The van der Waals surface area contributed by atoms with Crippen molar-refractivity contribution in [3.63, 3.8) is 0 Å². The van der Waals surface area contributed by atoms with Crippen LogP contribution in [0.4, 0.5) is 16.0 Å². The Morgan fingerprint density at radius 2 is 1.79 bits per heavy atom. The monoisotopic (exact) mass is 416 g/mol. The number of benzene rings is 2. The molecular formula is C19H17FN4O4S. The molecule has 29 heavy (non-hydrogen) atoms. The second-order valence-corrected chi connectivity index (χ2v) is 7.58. The first-order valence-corrected chi connectivity index (χ1v) is 9.88. The number of carbonyl (C=O) groups is 1. The van der Waals surface area contributed by atoms with E-state index >= 15 is 0 Å². The number of amides is 1. The zero-order valence-corrected chi connectivity index (χ0v) is 16.1. The highest BCUT2D eigenvalue weighted by atomic mass is 32.2. The Bertz CT molecular complexity index is 1110. The van der Waals surface area contributed by atoms with Gasteiger partial charge in [0, 0.05) is 18.1 Å². The first-order valence-electron chi connectivity index (χ1n) is 8.39. The molecule has 0 saturated heterocycles. The summed E-state index contributed by atoms with van der Waals surface area (Å²) in [5.74, 6) is -0.875. The highest BCUT2D eigenvalue weighted by Gasteiger charge is 2.15. The minimum Gasteiger partial charge on any atom is -0.494 e. The average molecular weight is 416 g/mol. The van der Waals surface area contributed by atoms with Gasteiger partial charge >= 0.3 is 0 Å². The topological polar surface area (TPSA) is 110 Å². The summed E-state index contributed by atoms with van der Waals surface area (Å²) in [7, 11) is -2.50. The van der Waals surface area contributed by atoms with Crippen molar-refractivity contribution in [3.8, 4) is 5.75 Å². The number of hydrogen-bond donors (Lipinski definition) is 2. The summed E-state index contributed by atoms with van der Waals surface area (Å²) >= 11 is 0. The summed E-state index contributed by atoms with van der Waals surface area (Å²) in [5, 5.41) is 2.63. The number of carbonyl (C=O) groups excluding carboxylic acids is 1. The minimum absolute atomic E-state index is 0.0137. The Morgan fingerprint density at radius 3 is 2.41 bits per heavy atom. The van der Waals surface area contributed by atoms with E-state index < -0.39 is 15.8 Å². The van der Waals surface area contributed by atoms with Gasteiger partial charge in [0.15, 0.2) is 11.6 Å². The van der Waals surface area contributed by atoms with Crippen molar-refractivity contribution in [2.24, 2.45) is 0 Å². The van der Waals surface area contributed by atoms with Gasteiger partial charge in [-0.25, -0.2) is 27.5 Å². The summed E-state index contributed by atoms with van der Waals surface area (Å²) in [6.07, 6.45) is 2.78. The van der Waals surface area contributed by atoms with Gasteiger partial charge in [0.25, 0.3) is 10.0 Å². The molecule has 1 amide bonds. The third kappa shape index (κ3) is 5.26. The molecule has 8 nitrogen and oxygen atoms in total. The van der Waals surface area contributed by atoms with Crippen molar-refractivity contribution < 1.29 is 22.3 Å². The number of anilines is 2. The van der Waals surface area contributed by atoms with E-state index in [1.165, 1.54) is 55.9 Å². The van der Waals surface area contributed by atoms with Crippen LogP contribution in [0.15, 0.2) is 65.8 Å². The van der Waals surface area contributed by atoms with Crippen molar-refractivity contribution in [1.82, 2.24) is 9.97 Å². The Labute approximate surface area is 166 Å². The smallest absolute Gasteiger partial charge is 0.264 e. The second kappa shape index (κ2) is 8.65. The molecule has 0 fully saturated rings. The van der Waals surface area contributed by atoms with E-state index in [4.69, 9.17) is 4.74 Å². The Hall–Kier alpha value is -3.53. The van der Waals surface area contributed by atoms with Gasteiger partial charge in [0.2, 0.25) is 11.9 Å². The van der Waals surface area contributed by atoms with Crippen LogP contribution in [0.3, 0.4) is 0 Å². The van der Waals surface area contributed by atoms with Gasteiger partial charge in [-0.3, -0.25) is 4.79 Å². The molecule has 2 aromatic carbocycles. The zero-order valence-electron chi connectivity index (χ0n) is 15.3. The lowest BCUT2D eigenvalue weighted by molar-refractivity contribution is -0.115. The molecule has 0 spiro atoms. The Morgan fingerprint density at radius 1 is 1.10 bits per heavy atom. The number of hydrogen-bond acceptors (Lipinski definition) is 6. The van der Waals surface area contributed by atoms with Crippen LogP contribution < -0.4 is 14.8 Å². The fourth-order valence-corrected chi connectivity index (χ4v) is 3.42. The molecule has 10 heteroatoms. The van der Waals surface area contributed by atoms with Crippen LogP contribution in [0.25, 0.3) is 0 Å². The normalized spacial score (nSPS) is 11.0. The zero-order chi connectivity index (χ0) is 20.9. The average Bonchev–Trinajstić information content (AvgIpc) is 2.69. The molecule has 0 atom stereocenters. The van der Waals surface area contributed by atoms with Crippen molar-refractivity contribution in [1.29, 1.82) is 0 Å². The van der Waals surface area contributed by atoms with Crippen LogP contribution in [0.1, 0.15) is 5.56 Å². The standard InChI is InChI=1S/C19H17FN4O4S/c1-28-17-8-3-13(11-16(17)20)12-18(25)23-14-4-6-15(7-5-14)29(26,27)24-19-21-9-2-10-22-19/h2-11H,12H2,1H3,(H,23,25)(H,21,22,24). The number of methoxy groups -OCH3 is 1. The largest absolute Gasteiger partial charge is 0.494 e. The number of nitrogens with zero attached hydrogens (tertiary/aromatic N) is 2. The predicted molar refractivity (Wildman–Crippen MR) is 105 cm³/mol. The lowest BCUT2D eigenvalue weighted by atomic mass is 10.1. The molecular weight excluding hydrogens is 399 g/mol. The maximum atomic E-state index is 13.7. The lowest BCUT2D eigenvalue weighted by Gasteiger charge is -2.09. The van der Waals surface area contributed by atoms with E-state index in [0.29, 0.717) is 11.3 Å². The van der Waals surface area contributed by atoms with Gasteiger partial charge < -0.3 is 10.1 Å². The fraction of sp³-hybridized carbons (Fsp3) is 0.105. The molecule has 0 aliphatic heterocycles. The van der Waals surface area contributed by atoms with E-state index in [2.05, 4.69) is 20.0 Å². The highest BCUT2D eigenvalue weighted by Crippen LogP contribution is 2.19. The van der Waals surface area contributed by atoms with Crippen LogP contribution >= 0.6 is 0 Å². The molecule has 3 rings (SSSR count). The van der Waals surface area contributed by atoms with Gasteiger partial charge in [0.05, 0.1) is 18.4 Å². The van der Waals surface area contributed by atoms with Crippen molar-refractivity contribution in [2.45, 2.75) is 11.3 Å². The summed E-state index contributed by atoms with van der Waals surface area (Å²) in [6, 6.07) is 11.4. The van der Waals surface area contributed by atoms with Crippen LogP contribution in [-0.4, -0.2) is 31.4 Å². The van der Waals surface area contributed by atoms with E-state index in [1.54, 1.807) is 12.1 Å². The molecule has 150 valence electrons. The number of halogens is 1. The van der Waals surface area contributed by atoms with Gasteiger partial charge in [-0.1, -0.05) is 6.07 Å². The van der Waals surface area contributed by atoms with E-state index in [0.717, 1.165) is 0 Å². The molecule has 2 N–H and O–H groups in total. The number of nitrogens with one attached hydrogen (secondary N) is 2. The Balaban J connectivity index is 1.64. The molecule has 0 aliphatic rings. The summed E-state index contributed by atoms with van der Waals surface area (Å²) in [6.45, 7) is 0. The van der Waals surface area contributed by atoms with Crippen LogP contribution in [-0.2, 0) is 21.2 Å². The van der Waals surface area contributed by atoms with Crippen LogP contribution in [0.5, 0.6) is 5.75 Å². The van der Waals surface area contributed by atoms with Crippen LogP contribution in [0.2, 0.25) is 0 Å². The van der Waals surface area contributed by atoms with Crippen molar-refractivity contribution in [2.75, 3.05) is 17.1 Å². The molecule has 0 aliphatic carbocycles. The molecule has 0 bridgehead atoms. The molecule has 3 aromatic rings. The molecule has 1 aromatic heterocycles. The van der Waals surface area contributed by atoms with Gasteiger partial charge in [0.1, 0.15) is 0 Å². The van der Waals surface area contributed by atoms with E-state index in [1.807, 2.05) is 0 Å². The highest BCUT2D eigenvalue weighted by molar-refractivity contribution is 7.92. The molecule has 1 heterocycles. The van der Waals surface area contributed by atoms with Crippen molar-refractivity contribution >= 4 is 27.6 Å². The number of sulfonamides is 1. The SMILES string of the molecule is COc1ccc(CC(=O)Nc2ccc(S(=O)(=O)Nc3ncccn3)cc2)cc1F. The minimum atomic E-state index is -3.86. The Kier molecular flexibility index (Phi) is 6.03. The van der Waals surface area contributed by atoms with Crippen LogP contribution in [0, 0.1) is 5.82 Å². The third-order valence-corrected chi connectivity index (χ3v) is 5.16. The predicted octanol–water partition coefficient (Wildman–Crippen LogP) is 2.61. The van der Waals surface area contributed by atoms with Crippen molar-refractivity contribution in [3.05, 3.63) is 72.3 Å². The third-order valence-electron chi connectivity index (χ3n) is 3.82. The summed E-state index contributed by atoms with van der Waals surface area (Å²) in [5.41, 5.74) is 0.881. The molecule has 0 saturated carbocycles. The summed E-state index contributed by atoms with van der Waals surface area (Å²) in [4.78, 5) is 19.8. The quantitative estimate of drug-likeness (QED) is 0.613. The lowest BCUT2D eigenvalue weighted by Crippen LogP contribution is -2.16. The number of ether oxygens (including phenoxy) is 1. The maximum Gasteiger partial charge on any atom is 0.264 e. The molecule has 0 radical (unpaired) electrons. The first kappa shape index (κ1) is 20.2. The number of aromatic nitrogens is 2. The fourth-order valence-electron chi connectivity index (χ4n) is 2.46. The second-order valence-electron chi connectivity index (χ2n) is 5.90. The van der Waals surface area contributed by atoms with E-state index in [9.17, 15) is 17.6 Å². The van der Waals surface area contributed by atoms with Gasteiger partial charge in [-0.2, -0.15) is 0 Å². The van der Waals surface area contributed by atoms with Gasteiger partial charge in [-0.15, -0.1) is 0 Å². The van der Waals surface area contributed by atoms with Gasteiger partial charge in [-0.05, 0) is 48.0 Å². The van der Waals surface area contributed by atoms with E-state index in [-0.39, 0.29) is 28.9 Å². The maximum absolute atomic E-state index is 13.7.